The highest BCUT2D eigenvalue weighted by Gasteiger charge is 2.32. The lowest BCUT2D eigenvalue weighted by atomic mass is 10.0. The van der Waals surface area contributed by atoms with E-state index in [1.807, 2.05) is 30.3 Å². The Kier molecular flexibility index (Phi) is 3.69. The van der Waals surface area contributed by atoms with Gasteiger partial charge in [0.15, 0.2) is 0 Å². The van der Waals surface area contributed by atoms with Gasteiger partial charge in [0.1, 0.15) is 0 Å². The van der Waals surface area contributed by atoms with Crippen molar-refractivity contribution < 1.29 is 14.5 Å². The number of benzene rings is 2. The lowest BCUT2D eigenvalue weighted by Gasteiger charge is -2.37. The minimum absolute atomic E-state index is 0.00509. The van der Waals surface area contributed by atoms with E-state index in [1.54, 1.807) is 6.07 Å². The van der Waals surface area contributed by atoms with Crippen LogP contribution in [0, 0.1) is 15.3 Å². The second-order valence-electron chi connectivity index (χ2n) is 5.81. The molecule has 1 saturated heterocycles. The molecule has 1 aliphatic rings. The molecule has 9 heteroatoms. The number of hydrogen-bond acceptors (Lipinski definition) is 7. The van der Waals surface area contributed by atoms with Crippen molar-refractivity contribution in [2.75, 3.05) is 24.5 Å². The van der Waals surface area contributed by atoms with Crippen LogP contribution in [0.25, 0.3) is 11.0 Å². The van der Waals surface area contributed by atoms with Gasteiger partial charge in [-0.1, -0.05) is 30.3 Å². The van der Waals surface area contributed by atoms with Gasteiger partial charge in [-0.2, -0.15) is 0 Å². The van der Waals surface area contributed by atoms with E-state index in [9.17, 15) is 15.3 Å². The predicted molar refractivity (Wildman–Crippen MR) is 89.0 cm³/mol. The molecule has 4 rings (SSSR count). The maximum Gasteiger partial charge on any atom is 0.327 e. The molecule has 0 spiro atoms. The summed E-state index contributed by atoms with van der Waals surface area (Å²) in [6.45, 7) is 2.09. The van der Waals surface area contributed by atoms with E-state index < -0.39 is 4.92 Å². The van der Waals surface area contributed by atoms with Gasteiger partial charge in [0.2, 0.25) is 0 Å². The quantitative estimate of drug-likeness (QED) is 0.437. The molecule has 1 aliphatic heterocycles. The lowest BCUT2D eigenvalue weighted by molar-refractivity contribution is -0.782. The molecule has 0 saturated carbocycles. The van der Waals surface area contributed by atoms with Crippen LogP contribution in [0.2, 0.25) is 0 Å². The normalized spacial score (nSPS) is 17.8. The minimum Gasteiger partial charge on any atom is -0.359 e. The lowest BCUT2D eigenvalue weighted by Crippen LogP contribution is -2.46. The van der Waals surface area contributed by atoms with E-state index >= 15 is 0 Å². The molecule has 1 N–H and O–H groups in total. The number of nitro benzene ring substituents is 1. The summed E-state index contributed by atoms with van der Waals surface area (Å²) in [5, 5.41) is 30.2. The zero-order valence-electron chi connectivity index (χ0n) is 13.2. The van der Waals surface area contributed by atoms with Gasteiger partial charge in [0.05, 0.1) is 21.8 Å². The smallest absolute Gasteiger partial charge is 0.327 e. The first kappa shape index (κ1) is 15.3. The molecule has 0 amide bonds. The Labute approximate surface area is 142 Å². The monoisotopic (exact) mass is 341 g/mol. The van der Waals surface area contributed by atoms with Crippen molar-refractivity contribution >= 4 is 22.4 Å². The van der Waals surface area contributed by atoms with Crippen LogP contribution in [0.15, 0.2) is 47.1 Å². The standard InChI is InChI=1S/C16H15N5O4/c22-20(23)12-6-7-13(16-15(12)18-25-21(16)24)19-9-8-17-10-14(19)11-4-2-1-3-5-11/h1-7,14,17H,8-10H2. The van der Waals surface area contributed by atoms with Gasteiger partial charge < -0.3 is 15.4 Å². The zero-order chi connectivity index (χ0) is 17.4. The first-order valence-corrected chi connectivity index (χ1v) is 7.86. The maximum atomic E-state index is 12.1. The number of piperazine rings is 1. The highest BCUT2D eigenvalue weighted by Crippen LogP contribution is 2.35. The average Bonchev–Trinajstić information content (AvgIpc) is 3.04. The Morgan fingerprint density at radius 1 is 1.28 bits per heavy atom. The summed E-state index contributed by atoms with van der Waals surface area (Å²) < 4.78 is 4.64. The Morgan fingerprint density at radius 2 is 2.08 bits per heavy atom. The Morgan fingerprint density at radius 3 is 2.84 bits per heavy atom. The van der Waals surface area contributed by atoms with Crippen molar-refractivity contribution in [3.63, 3.8) is 0 Å². The van der Waals surface area contributed by atoms with E-state index in [-0.39, 0.29) is 27.7 Å². The number of nitro groups is 1. The Hall–Kier alpha value is -3.20. The minimum atomic E-state index is -0.568. The van der Waals surface area contributed by atoms with Crippen LogP contribution in [-0.4, -0.2) is 29.7 Å². The van der Waals surface area contributed by atoms with Crippen LogP contribution in [0.4, 0.5) is 11.4 Å². The summed E-state index contributed by atoms with van der Waals surface area (Å²) in [6.07, 6.45) is 0. The van der Waals surface area contributed by atoms with Crippen LogP contribution in [0.3, 0.4) is 0 Å². The fourth-order valence-electron chi connectivity index (χ4n) is 3.29. The molecule has 25 heavy (non-hydrogen) atoms. The molecule has 1 unspecified atom stereocenters. The van der Waals surface area contributed by atoms with E-state index in [2.05, 4.69) is 20.0 Å². The van der Waals surface area contributed by atoms with Crippen molar-refractivity contribution in [3.05, 3.63) is 63.3 Å². The van der Waals surface area contributed by atoms with Gasteiger partial charge in [0.25, 0.3) is 5.52 Å². The Balaban J connectivity index is 1.86. The number of nitrogens with one attached hydrogen (secondary N) is 1. The number of non-ortho nitro benzene ring substituents is 1. The van der Waals surface area contributed by atoms with Gasteiger partial charge in [-0.15, -0.1) is 0 Å². The first-order chi connectivity index (χ1) is 12.2. The SMILES string of the molecule is O=[N+]([O-])c1ccc(N2CCNCC2c2ccccc2)c2c1no[n+]2[O-]. The van der Waals surface area contributed by atoms with Crippen LogP contribution in [0.5, 0.6) is 0 Å². The van der Waals surface area contributed by atoms with E-state index in [0.717, 1.165) is 12.1 Å². The number of nitrogens with zero attached hydrogens (tertiary/aromatic N) is 4. The van der Waals surface area contributed by atoms with Gasteiger partial charge >= 0.3 is 11.2 Å². The molecule has 2 heterocycles. The molecule has 3 aromatic rings. The molecular formula is C16H15N5O4. The molecule has 1 fully saturated rings. The summed E-state index contributed by atoms with van der Waals surface area (Å²) in [7, 11) is 0. The fourth-order valence-corrected chi connectivity index (χ4v) is 3.29. The molecule has 0 bridgehead atoms. The van der Waals surface area contributed by atoms with E-state index in [0.29, 0.717) is 18.8 Å². The van der Waals surface area contributed by atoms with Crippen LogP contribution >= 0.6 is 0 Å². The van der Waals surface area contributed by atoms with E-state index in [1.165, 1.54) is 6.07 Å². The third kappa shape index (κ3) is 2.54. The number of fused-ring (bicyclic) bond motifs is 1. The summed E-state index contributed by atoms with van der Waals surface area (Å²) in [6, 6.07) is 12.9. The van der Waals surface area contributed by atoms with Gasteiger partial charge in [-0.3, -0.25) is 14.7 Å². The van der Waals surface area contributed by atoms with Crippen molar-refractivity contribution in [2.24, 2.45) is 0 Å². The van der Waals surface area contributed by atoms with Crippen molar-refractivity contribution in [3.8, 4) is 0 Å². The largest absolute Gasteiger partial charge is 0.359 e. The van der Waals surface area contributed by atoms with Gasteiger partial charge in [-0.25, -0.2) is 0 Å². The second kappa shape index (κ2) is 6.02. The molecule has 0 aliphatic carbocycles. The summed E-state index contributed by atoms with van der Waals surface area (Å²) >= 11 is 0. The number of rotatable bonds is 3. The molecule has 1 atom stereocenters. The fraction of sp³-hybridized carbons (Fsp3) is 0.250. The summed E-state index contributed by atoms with van der Waals surface area (Å²) in [5.74, 6) is 0. The third-order valence-corrected chi connectivity index (χ3v) is 4.43. The predicted octanol–water partition coefficient (Wildman–Crippen LogP) is 1.52. The molecule has 1 aromatic heterocycles. The molecule has 128 valence electrons. The van der Waals surface area contributed by atoms with Crippen LogP contribution in [-0.2, 0) is 0 Å². The number of hydrogen-bond donors (Lipinski definition) is 1. The average molecular weight is 341 g/mol. The zero-order valence-corrected chi connectivity index (χ0v) is 13.2. The second-order valence-corrected chi connectivity index (χ2v) is 5.81. The third-order valence-electron chi connectivity index (χ3n) is 4.43. The Bertz CT molecular complexity index is 927. The molecule has 2 aromatic carbocycles. The van der Waals surface area contributed by atoms with Crippen molar-refractivity contribution in [2.45, 2.75) is 6.04 Å². The topological polar surface area (TPSA) is 111 Å². The van der Waals surface area contributed by atoms with Crippen molar-refractivity contribution in [1.29, 1.82) is 0 Å². The highest BCUT2D eigenvalue weighted by atomic mass is 16.8. The van der Waals surface area contributed by atoms with Crippen molar-refractivity contribution in [1.82, 2.24) is 10.5 Å². The number of anilines is 1. The molecular weight excluding hydrogens is 326 g/mol. The first-order valence-electron chi connectivity index (χ1n) is 7.86. The number of aromatic nitrogens is 2. The summed E-state index contributed by atoms with van der Waals surface area (Å²) in [4.78, 5) is 12.9. The van der Waals surface area contributed by atoms with Gasteiger partial charge in [0, 0.05) is 25.7 Å². The van der Waals surface area contributed by atoms with Crippen LogP contribution < -0.4 is 15.1 Å². The van der Waals surface area contributed by atoms with Gasteiger partial charge in [-0.05, 0) is 16.5 Å². The maximum absolute atomic E-state index is 12.1. The summed E-state index contributed by atoms with van der Waals surface area (Å²) in [5.41, 5.74) is 1.46. The van der Waals surface area contributed by atoms with Crippen LogP contribution in [0.1, 0.15) is 11.6 Å². The highest BCUT2D eigenvalue weighted by molar-refractivity contribution is 5.92. The molecule has 9 nitrogen and oxygen atoms in total. The molecule has 0 radical (unpaired) electrons. The van der Waals surface area contributed by atoms with E-state index in [4.69, 9.17) is 0 Å².